The molecule has 36 nitrogen and oxygen atoms in total. The summed E-state index contributed by atoms with van der Waals surface area (Å²) in [5.41, 5.74) is -13.4. The van der Waals surface area contributed by atoms with Gasteiger partial charge in [0.25, 0.3) is 0 Å². The number of Topliss-reactive ketones (excluding diaryl/α,β-unsaturated/α-hetero) is 2. The minimum atomic E-state index is -2.22. The molecule has 4 saturated carbocycles. The molecule has 2 amide bonds. The Morgan fingerprint density at radius 2 is 0.754 bits per heavy atom. The summed E-state index contributed by atoms with van der Waals surface area (Å²) >= 11 is 0. The Balaban J connectivity index is 0.000000324. The fourth-order valence-electron chi connectivity index (χ4n) is 20.1. The molecule has 22 atom stereocenters. The first kappa shape index (κ1) is 107. The number of hydrogen-bond acceptors (Lipinski definition) is 32. The predicted octanol–water partition coefficient (Wildman–Crippen LogP) is 5.43. The number of fused-ring (bicyclic) bond motifs is 10. The number of methoxy groups -OCH3 is 4. The van der Waals surface area contributed by atoms with E-state index >= 15 is 9.59 Å². The zero-order valence-electron chi connectivity index (χ0n) is 77.2. The van der Waals surface area contributed by atoms with Gasteiger partial charge in [-0.1, -0.05) is 125 Å². The van der Waals surface area contributed by atoms with Crippen LogP contribution in [0.3, 0.4) is 0 Å². The van der Waals surface area contributed by atoms with Crippen molar-refractivity contribution in [3.8, 4) is 0 Å². The first-order valence-electron chi connectivity index (χ1n) is 42.5. The van der Waals surface area contributed by atoms with Crippen LogP contribution in [0.4, 0.5) is 9.59 Å². The van der Waals surface area contributed by atoms with Crippen molar-refractivity contribution in [2.75, 3.05) is 68.1 Å². The molecule has 0 aromatic heterocycles. The van der Waals surface area contributed by atoms with Gasteiger partial charge in [-0.2, -0.15) is 0 Å². The molecule has 6 fully saturated rings. The number of aliphatic hydroxyl groups excluding tert-OH is 6. The van der Waals surface area contributed by atoms with E-state index in [0.717, 1.165) is 0 Å². The lowest BCUT2D eigenvalue weighted by atomic mass is 9.44. The second-order valence-corrected chi connectivity index (χ2v) is 36.9. The highest BCUT2D eigenvalue weighted by molar-refractivity contribution is 5.96. The Morgan fingerprint density at radius 1 is 0.462 bits per heavy atom. The zero-order chi connectivity index (χ0) is 95.2. The number of alkyl carbamates (subject to hydrolysis) is 2. The third-order valence-electron chi connectivity index (χ3n) is 26.3. The van der Waals surface area contributed by atoms with E-state index in [1.165, 1.54) is 42.3 Å². The molecule has 4 aromatic carbocycles. The Hall–Kier alpha value is -9.58. The smallest absolute Gasteiger partial charge is 0.408 e. The van der Waals surface area contributed by atoms with Crippen molar-refractivity contribution >= 4 is 59.6 Å². The van der Waals surface area contributed by atoms with E-state index in [4.69, 9.17) is 86.7 Å². The summed E-state index contributed by atoms with van der Waals surface area (Å²) in [6.07, 6.45) is -18.6. The van der Waals surface area contributed by atoms with Crippen LogP contribution in [0.1, 0.15) is 180 Å². The van der Waals surface area contributed by atoms with Gasteiger partial charge in [0.2, 0.25) is 0 Å². The van der Waals surface area contributed by atoms with Crippen LogP contribution in [0.5, 0.6) is 0 Å². The van der Waals surface area contributed by atoms with Gasteiger partial charge in [-0.3, -0.25) is 19.2 Å². The molecule has 2 saturated heterocycles. The Kier molecular flexibility index (Phi) is 35.2. The van der Waals surface area contributed by atoms with E-state index < -0.39 is 225 Å². The molecule has 8 aliphatic rings. The van der Waals surface area contributed by atoms with E-state index in [2.05, 4.69) is 10.6 Å². The van der Waals surface area contributed by atoms with Gasteiger partial charge in [0, 0.05) is 78.8 Å². The highest BCUT2D eigenvalue weighted by atomic mass is 16.7. The van der Waals surface area contributed by atoms with E-state index in [0.29, 0.717) is 22.3 Å². The summed E-state index contributed by atoms with van der Waals surface area (Å²) in [5, 5.41) is 86.5. The molecule has 4 aromatic rings. The molecule has 12 rings (SSSR count). The van der Waals surface area contributed by atoms with Crippen molar-refractivity contribution in [1.82, 2.24) is 10.6 Å². The lowest BCUT2D eigenvalue weighted by Crippen LogP contribution is -2.82. The van der Waals surface area contributed by atoms with Crippen LogP contribution < -0.4 is 10.6 Å². The minimum absolute atomic E-state index is 0. The minimum Gasteiger partial charge on any atom is -0.456 e. The Labute approximate surface area is 755 Å². The molecule has 2 aliphatic heterocycles. The van der Waals surface area contributed by atoms with Crippen LogP contribution in [-0.4, -0.2) is 286 Å². The fourth-order valence-corrected chi connectivity index (χ4v) is 20.1. The van der Waals surface area contributed by atoms with Gasteiger partial charge < -0.3 is 129 Å². The molecule has 720 valence electrons. The molecule has 36 heteroatoms. The summed E-state index contributed by atoms with van der Waals surface area (Å²) in [5.74, 6) is -9.05. The molecular formula is C94H130N2O34. The molecule has 0 radical (unpaired) electrons. The van der Waals surface area contributed by atoms with E-state index in [-0.39, 0.29) is 85.7 Å². The number of esters is 6. The maximum absolute atomic E-state index is 15.5. The third-order valence-corrected chi connectivity index (χ3v) is 26.3. The van der Waals surface area contributed by atoms with Crippen molar-refractivity contribution in [2.45, 2.75) is 255 Å². The molecular weight excluding hydrogens is 1700 g/mol. The molecule has 2 heterocycles. The molecule has 0 unspecified atom stereocenters. The number of ketones is 2. The largest absolute Gasteiger partial charge is 0.456 e. The number of benzene rings is 4. The van der Waals surface area contributed by atoms with Gasteiger partial charge in [-0.05, 0) is 127 Å². The van der Waals surface area contributed by atoms with Gasteiger partial charge in [0.15, 0.2) is 35.0 Å². The fraction of sp³-hybridized carbons (Fsp3) is 0.596. The zero-order valence-corrected chi connectivity index (χ0v) is 77.2. The van der Waals surface area contributed by atoms with E-state index in [1.54, 1.807) is 218 Å². The van der Waals surface area contributed by atoms with Crippen molar-refractivity contribution in [1.29, 1.82) is 0 Å². The predicted molar refractivity (Wildman–Crippen MR) is 462 cm³/mol. The summed E-state index contributed by atoms with van der Waals surface area (Å²) in [7, 11) is 5.57. The normalized spacial score (nSPS) is 30.9. The van der Waals surface area contributed by atoms with E-state index in [1.807, 2.05) is 0 Å². The SMILES string of the molecule is CO[C@H]1C(=O)[C@]2(C)[C@@H](OC)C[C@H]3OC[C@@]3(OC(C)=O)[C@H]2[C@H](OC(=O)c2ccccc2)[C@]2(O)C[C@H](OC(=O)[C@H](O)[C@@H](NC(=O)OC(C)(C)C)c3ccccc3)C(C)=C1C2(C)C.CO[C@H]1C(=O)[C@]2(C)[C@@H](OC)C[C@H]3OC[C@@]3(OC(C)=O)[C@H]2[C@H](OC(=O)c2ccccc2)[C@]2(O)C[C@H](OC(=O)[C@H](O)[C@@H](NC(=O)OC(C)(C)C)c3ccccc3)C(C)=C1C2(C)C.O.O.OCCO.OCCO. The van der Waals surface area contributed by atoms with Crippen molar-refractivity contribution < 1.29 is 166 Å². The first-order valence-corrected chi connectivity index (χ1v) is 42.5. The van der Waals surface area contributed by atoms with Crippen molar-refractivity contribution in [3.63, 3.8) is 0 Å². The standard InChI is InChI=1S/2C45H57NO14.2C2H6O2.2H2O/c2*1-24-28(57-39(51)33(48)32(26-17-13-11-14-18-26)46-40(52)60-41(3,4)5)22-45(53)37(58-38(50)27-19-15-12-16-20-27)35-43(8,36(49)34(55-10)31(24)42(45,6)7)29(54-9)21-30-44(35,23-56-30)59-25(2)47;2*3-1-2-4;;/h2*11-20,28-30,32-35,37,48,53H,21-23H2,1-10H3,(H,46,52);2*3-4H,1-2H2;2*1H2/t2*28-,29-,30+,32-,33+,34+,35-,37-,43+,44-,45+;;;;/m00..../s1. The van der Waals surface area contributed by atoms with Crippen molar-refractivity contribution in [3.05, 3.63) is 166 Å². The van der Waals surface area contributed by atoms with Crippen LogP contribution in [-0.2, 0) is 95.1 Å². The Morgan fingerprint density at radius 3 is 1.00 bits per heavy atom. The molecule has 6 aliphatic carbocycles. The monoisotopic (exact) mass is 1830 g/mol. The number of hydrogen-bond donors (Lipinski definition) is 10. The molecule has 4 bridgehead atoms. The van der Waals surface area contributed by atoms with Gasteiger partial charge in [0.05, 0.1) is 97.7 Å². The van der Waals surface area contributed by atoms with Gasteiger partial charge >= 0.3 is 48.0 Å². The number of carbonyl (C=O) groups excluding carboxylic acids is 10. The maximum atomic E-state index is 15.5. The van der Waals surface area contributed by atoms with Crippen molar-refractivity contribution in [2.24, 2.45) is 33.5 Å². The number of aliphatic hydroxyl groups is 8. The topological polar surface area (TPSA) is 549 Å². The van der Waals surface area contributed by atoms with Crippen LogP contribution >= 0.6 is 0 Å². The highest BCUT2D eigenvalue weighted by Crippen LogP contribution is 2.67. The first-order chi connectivity index (χ1) is 60.0. The average Bonchev–Trinajstić information content (AvgIpc) is 0.670. The summed E-state index contributed by atoms with van der Waals surface area (Å²) < 4.78 is 84.7. The van der Waals surface area contributed by atoms with E-state index in [9.17, 15) is 58.8 Å². The number of carbonyl (C=O) groups is 10. The number of amides is 2. The van der Waals surface area contributed by atoms with Gasteiger partial charge in [-0.15, -0.1) is 0 Å². The van der Waals surface area contributed by atoms with Crippen LogP contribution in [0.25, 0.3) is 0 Å². The lowest BCUT2D eigenvalue weighted by Gasteiger charge is -2.67. The molecule has 14 N–H and O–H groups in total. The molecule has 0 spiro atoms. The summed E-state index contributed by atoms with van der Waals surface area (Å²) in [6.45, 7) is 24.9. The maximum Gasteiger partial charge on any atom is 0.408 e. The van der Waals surface area contributed by atoms with Crippen LogP contribution in [0.15, 0.2) is 144 Å². The number of ether oxygens (including phenoxy) is 14. The third kappa shape index (κ3) is 20.8. The van der Waals surface area contributed by atoms with Crippen LogP contribution in [0, 0.1) is 33.5 Å². The summed E-state index contributed by atoms with van der Waals surface area (Å²) in [6, 6.07) is 30.1. The second-order valence-electron chi connectivity index (χ2n) is 36.9. The second kappa shape index (κ2) is 42.5. The summed E-state index contributed by atoms with van der Waals surface area (Å²) in [4.78, 5) is 140. The van der Waals surface area contributed by atoms with Gasteiger partial charge in [-0.25, -0.2) is 28.8 Å². The highest BCUT2D eigenvalue weighted by Gasteiger charge is 2.81. The van der Waals surface area contributed by atoms with Gasteiger partial charge in [0.1, 0.15) is 71.2 Å². The lowest BCUT2D eigenvalue weighted by molar-refractivity contribution is -0.347. The Bertz CT molecular complexity index is 4390. The molecule has 130 heavy (non-hydrogen) atoms. The van der Waals surface area contributed by atoms with Crippen LogP contribution in [0.2, 0.25) is 0 Å². The number of rotatable bonds is 22. The quantitative estimate of drug-likeness (QED) is 0.0266. The number of nitrogens with one attached hydrogen (secondary N) is 2. The average molecular weight is 1830 g/mol.